The monoisotopic (exact) mass is 713 g/mol. The van der Waals surface area contributed by atoms with Crippen LogP contribution in [0.15, 0.2) is 43.0 Å². The fourth-order valence-electron chi connectivity index (χ4n) is 7.99. The molecule has 14 nitrogen and oxygen atoms in total. The predicted molar refractivity (Wildman–Crippen MR) is 201 cm³/mol. The Morgan fingerprint density at radius 2 is 1.45 bits per heavy atom. The Bertz CT molecular complexity index is 2220. The molecular formula is C39H43N11O3. The molecule has 53 heavy (non-hydrogen) atoms. The molecule has 1 amide bonds. The third-order valence-corrected chi connectivity index (χ3v) is 10.6. The molecule has 0 spiro atoms. The summed E-state index contributed by atoms with van der Waals surface area (Å²) in [6.07, 6.45) is 11.5. The molecule has 0 saturated carbocycles. The van der Waals surface area contributed by atoms with Gasteiger partial charge in [0.25, 0.3) is 0 Å². The number of aliphatic carboxylic acids is 1. The number of nitrogens with one attached hydrogen (secondary N) is 1. The lowest BCUT2D eigenvalue weighted by Gasteiger charge is -2.32. The Labute approximate surface area is 307 Å². The molecule has 1 aromatic carbocycles. The van der Waals surface area contributed by atoms with E-state index < -0.39 is 5.97 Å². The molecule has 3 aliphatic rings. The smallest absolute Gasteiger partial charge is 0.303 e. The Morgan fingerprint density at radius 1 is 0.849 bits per heavy atom. The largest absolute Gasteiger partial charge is 0.481 e. The molecule has 1 fully saturated rings. The Kier molecular flexibility index (Phi) is 10.5. The molecule has 3 aliphatic heterocycles. The summed E-state index contributed by atoms with van der Waals surface area (Å²) in [5, 5.41) is 31.0. The van der Waals surface area contributed by atoms with Crippen LogP contribution in [0.2, 0.25) is 0 Å². The number of benzene rings is 1. The summed E-state index contributed by atoms with van der Waals surface area (Å²) in [5.74, 6) is 0.949. The van der Waals surface area contributed by atoms with E-state index in [0.29, 0.717) is 29.6 Å². The van der Waals surface area contributed by atoms with Crippen molar-refractivity contribution in [3.8, 4) is 12.1 Å². The van der Waals surface area contributed by atoms with Crippen LogP contribution >= 0.6 is 0 Å². The summed E-state index contributed by atoms with van der Waals surface area (Å²) in [6, 6.07) is 14.3. The number of fused-ring (bicyclic) bond motifs is 6. The van der Waals surface area contributed by atoms with Gasteiger partial charge in [0.1, 0.15) is 46.9 Å². The van der Waals surface area contributed by atoms with Gasteiger partial charge in [0.05, 0.1) is 11.1 Å². The molecule has 2 N–H and O–H groups in total. The normalized spacial score (nSPS) is 15.4. The van der Waals surface area contributed by atoms with Crippen molar-refractivity contribution < 1.29 is 14.7 Å². The highest BCUT2D eigenvalue weighted by atomic mass is 16.4. The first-order valence-corrected chi connectivity index (χ1v) is 18.5. The summed E-state index contributed by atoms with van der Waals surface area (Å²) in [7, 11) is 1.90. The van der Waals surface area contributed by atoms with Crippen LogP contribution in [0.25, 0.3) is 22.1 Å². The van der Waals surface area contributed by atoms with Crippen molar-refractivity contribution in [1.82, 2.24) is 29.1 Å². The van der Waals surface area contributed by atoms with E-state index in [1.807, 2.05) is 42.3 Å². The first-order chi connectivity index (χ1) is 25.9. The van der Waals surface area contributed by atoms with Crippen LogP contribution in [0.3, 0.4) is 0 Å². The number of aromatic nitrogens is 6. The number of hydrogen-bond acceptors (Lipinski definition) is 10. The summed E-state index contributed by atoms with van der Waals surface area (Å²) >= 11 is 0. The molecule has 4 aromatic heterocycles. The number of carboxylic acids is 1. The van der Waals surface area contributed by atoms with E-state index in [9.17, 15) is 20.1 Å². The maximum Gasteiger partial charge on any atom is 0.303 e. The number of piperidine rings is 1. The lowest BCUT2D eigenvalue weighted by Crippen LogP contribution is -2.38. The molecule has 272 valence electrons. The second-order valence-electron chi connectivity index (χ2n) is 13.9. The lowest BCUT2D eigenvalue weighted by atomic mass is 9.95. The summed E-state index contributed by atoms with van der Waals surface area (Å²) in [6.45, 7) is 3.91. The summed E-state index contributed by atoms with van der Waals surface area (Å²) < 4.78 is 4.42. The first kappa shape index (κ1) is 35.4. The van der Waals surface area contributed by atoms with Crippen LogP contribution in [0, 0.1) is 28.6 Å². The number of carboxylic acid groups (broad SMARTS) is 1. The van der Waals surface area contributed by atoms with Crippen molar-refractivity contribution in [2.45, 2.75) is 77.3 Å². The average Bonchev–Trinajstić information content (AvgIpc) is 3.70. The second kappa shape index (κ2) is 15.7. The van der Waals surface area contributed by atoms with Crippen LogP contribution in [-0.4, -0.2) is 72.7 Å². The molecule has 14 heteroatoms. The van der Waals surface area contributed by atoms with Crippen molar-refractivity contribution >= 4 is 51.3 Å². The minimum absolute atomic E-state index is 0.00492. The third-order valence-electron chi connectivity index (χ3n) is 10.6. The topological polar surface area (TPSA) is 182 Å². The quantitative estimate of drug-likeness (QED) is 0.209. The molecule has 0 bridgehead atoms. The Morgan fingerprint density at radius 3 is 2.08 bits per heavy atom. The van der Waals surface area contributed by atoms with Crippen molar-refractivity contribution in [3.63, 3.8) is 0 Å². The lowest BCUT2D eigenvalue weighted by molar-refractivity contribution is -0.137. The maximum atomic E-state index is 12.7. The molecular weight excluding hydrogens is 671 g/mol. The van der Waals surface area contributed by atoms with E-state index in [-0.39, 0.29) is 18.2 Å². The predicted octanol–water partition coefficient (Wildman–Crippen LogP) is 5.43. The number of amides is 1. The van der Waals surface area contributed by atoms with E-state index in [2.05, 4.69) is 51.4 Å². The number of aryl methyl sites for hydroxylation is 2. The number of para-hydroxylation sites is 1. The minimum Gasteiger partial charge on any atom is -0.481 e. The Balaban J connectivity index is 0.000000170. The van der Waals surface area contributed by atoms with Gasteiger partial charge in [-0.2, -0.15) is 10.5 Å². The van der Waals surface area contributed by atoms with Gasteiger partial charge in [-0.1, -0.05) is 18.2 Å². The number of hydrogen-bond donors (Lipinski definition) is 2. The van der Waals surface area contributed by atoms with Crippen LogP contribution in [0.1, 0.15) is 73.9 Å². The zero-order valence-electron chi connectivity index (χ0n) is 30.0. The molecule has 0 atom stereocenters. The SMILES string of the molecule is CN(CCCC(=O)O)c1ncnc2c(C#N)c3n(c12)CCCC3.N#Cc1c2n(c3c(N4CCC(C(=O)Nc5ccccc5)CC4)ncnc13)CCCC2. The fraction of sp³-hybridized carbons (Fsp3) is 0.436. The second-order valence-corrected chi connectivity index (χ2v) is 13.9. The van der Waals surface area contributed by atoms with Gasteiger partial charge in [0, 0.05) is 69.2 Å². The highest BCUT2D eigenvalue weighted by molar-refractivity contribution is 5.94. The molecule has 0 aliphatic carbocycles. The van der Waals surface area contributed by atoms with Crippen molar-refractivity contribution in [1.29, 1.82) is 10.5 Å². The zero-order valence-corrected chi connectivity index (χ0v) is 30.0. The minimum atomic E-state index is -0.793. The van der Waals surface area contributed by atoms with E-state index in [1.54, 1.807) is 6.33 Å². The number of rotatable bonds is 8. The summed E-state index contributed by atoms with van der Waals surface area (Å²) in [4.78, 5) is 45.3. The number of nitrogens with zero attached hydrogens (tertiary/aromatic N) is 10. The van der Waals surface area contributed by atoms with Crippen LogP contribution < -0.4 is 15.1 Å². The fourth-order valence-corrected chi connectivity index (χ4v) is 7.99. The third kappa shape index (κ3) is 7.09. The van der Waals surface area contributed by atoms with E-state index >= 15 is 0 Å². The van der Waals surface area contributed by atoms with Gasteiger partial charge in [-0.15, -0.1) is 0 Å². The first-order valence-electron chi connectivity index (χ1n) is 18.5. The number of carbonyl (C=O) groups is 2. The zero-order chi connectivity index (χ0) is 36.9. The van der Waals surface area contributed by atoms with Gasteiger partial charge in [-0.05, 0) is 69.9 Å². The van der Waals surface area contributed by atoms with Crippen molar-refractivity contribution in [2.75, 3.05) is 41.8 Å². The number of carbonyl (C=O) groups excluding carboxylic acids is 1. The van der Waals surface area contributed by atoms with E-state index in [1.165, 1.54) is 6.33 Å². The van der Waals surface area contributed by atoms with Crippen molar-refractivity contribution in [3.05, 3.63) is 65.5 Å². The van der Waals surface area contributed by atoms with Gasteiger partial charge >= 0.3 is 5.97 Å². The maximum absolute atomic E-state index is 12.7. The van der Waals surface area contributed by atoms with E-state index in [0.717, 1.165) is 123 Å². The van der Waals surface area contributed by atoms with Crippen LogP contribution in [-0.2, 0) is 35.5 Å². The van der Waals surface area contributed by atoms with E-state index in [4.69, 9.17) is 5.11 Å². The highest BCUT2D eigenvalue weighted by Gasteiger charge is 2.30. The van der Waals surface area contributed by atoms with Gasteiger partial charge in [-0.3, -0.25) is 9.59 Å². The van der Waals surface area contributed by atoms with Gasteiger partial charge in [-0.25, -0.2) is 19.9 Å². The molecule has 5 aromatic rings. The van der Waals surface area contributed by atoms with Crippen LogP contribution in [0.4, 0.5) is 17.3 Å². The molecule has 0 unspecified atom stereocenters. The Hall–Kier alpha value is -6.02. The van der Waals surface area contributed by atoms with Gasteiger partial charge in [0.2, 0.25) is 5.91 Å². The van der Waals surface area contributed by atoms with Gasteiger partial charge < -0.3 is 29.4 Å². The standard InChI is InChI=1S/C23H24N6O.C16H19N5O2/c24-14-18-19-8-4-5-11-29(19)21-20(18)25-15-26-22(21)28-12-9-16(10-13-28)23(30)27-17-6-2-1-3-7-17;1-20(7-4-6-13(22)23)16-15-14(18-10-19-16)11(9-17)12-5-2-3-8-21(12)15/h1-3,6-7,15-16H,4-5,8-13H2,(H,27,30);10H,2-8H2,1H3,(H,22,23). The van der Waals surface area contributed by atoms with Crippen molar-refractivity contribution in [2.24, 2.45) is 5.92 Å². The average molecular weight is 714 g/mol. The van der Waals surface area contributed by atoms with Crippen LogP contribution in [0.5, 0.6) is 0 Å². The molecule has 7 heterocycles. The van der Waals surface area contributed by atoms with Gasteiger partial charge in [0.15, 0.2) is 11.6 Å². The molecule has 0 radical (unpaired) electrons. The highest BCUT2D eigenvalue weighted by Crippen LogP contribution is 2.36. The molecule has 1 saturated heterocycles. The molecule has 8 rings (SSSR count). The summed E-state index contributed by atoms with van der Waals surface area (Å²) in [5.41, 5.74) is 7.70. The number of nitriles is 2. The number of anilines is 3.